The Bertz CT molecular complexity index is 953. The fourth-order valence-corrected chi connectivity index (χ4v) is 3.61. The van der Waals surface area contributed by atoms with Crippen LogP contribution in [-0.4, -0.2) is 58.8 Å². The van der Waals surface area contributed by atoms with Crippen LogP contribution in [0.3, 0.4) is 0 Å². The summed E-state index contributed by atoms with van der Waals surface area (Å²) in [6.07, 6.45) is 6.38. The average molecular weight is 405 g/mol. The van der Waals surface area contributed by atoms with Crippen molar-refractivity contribution in [3.05, 3.63) is 77.7 Å². The molecule has 7 heteroatoms. The molecular weight excluding hydrogens is 376 g/mol. The van der Waals surface area contributed by atoms with Gasteiger partial charge in [-0.25, -0.2) is 4.98 Å². The standard InChI is InChI=1S/C23H28N6O/c1-27-10-5-11-28(13-12-27)22-9-8-20(14-24-22)15-25-23(30)21-16-26-29(18-21)17-19-6-3-2-4-7-19/h2-4,6-9,14,16,18H,5,10-13,15,17H2,1H3,(H,25,30). The van der Waals surface area contributed by atoms with Crippen LogP contribution in [0.4, 0.5) is 5.82 Å². The minimum atomic E-state index is -0.131. The second kappa shape index (κ2) is 9.54. The number of rotatable bonds is 6. The molecule has 0 radical (unpaired) electrons. The van der Waals surface area contributed by atoms with Gasteiger partial charge < -0.3 is 15.1 Å². The van der Waals surface area contributed by atoms with E-state index in [0.29, 0.717) is 18.7 Å². The number of anilines is 1. The third kappa shape index (κ3) is 5.24. The van der Waals surface area contributed by atoms with Crippen LogP contribution in [0.25, 0.3) is 0 Å². The highest BCUT2D eigenvalue weighted by atomic mass is 16.1. The van der Waals surface area contributed by atoms with E-state index in [2.05, 4.69) is 32.2 Å². The molecule has 3 aromatic rings. The van der Waals surface area contributed by atoms with Crippen LogP contribution in [0.15, 0.2) is 61.1 Å². The Labute approximate surface area is 177 Å². The number of carbonyl (C=O) groups excluding carboxylic acids is 1. The molecular formula is C23H28N6O. The maximum absolute atomic E-state index is 12.5. The van der Waals surface area contributed by atoms with Crippen LogP contribution in [0, 0.1) is 0 Å². The van der Waals surface area contributed by atoms with Crippen LogP contribution in [-0.2, 0) is 13.1 Å². The quantitative estimate of drug-likeness (QED) is 0.683. The van der Waals surface area contributed by atoms with Gasteiger partial charge in [0.05, 0.1) is 18.3 Å². The molecule has 1 aromatic carbocycles. The number of nitrogens with one attached hydrogen (secondary N) is 1. The Morgan fingerprint density at radius 1 is 1.00 bits per heavy atom. The molecule has 0 bridgehead atoms. The number of aromatic nitrogens is 3. The van der Waals surface area contributed by atoms with Crippen molar-refractivity contribution in [2.24, 2.45) is 0 Å². The third-order valence-electron chi connectivity index (χ3n) is 5.39. The molecule has 3 heterocycles. The van der Waals surface area contributed by atoms with E-state index >= 15 is 0 Å². The first-order valence-corrected chi connectivity index (χ1v) is 10.4. The van der Waals surface area contributed by atoms with Gasteiger partial charge >= 0.3 is 0 Å². The van der Waals surface area contributed by atoms with Gasteiger partial charge in [-0.1, -0.05) is 36.4 Å². The molecule has 0 unspecified atom stereocenters. The van der Waals surface area contributed by atoms with Gasteiger partial charge in [0, 0.05) is 38.6 Å². The fraction of sp³-hybridized carbons (Fsp3) is 0.348. The summed E-state index contributed by atoms with van der Waals surface area (Å²) in [6.45, 7) is 5.29. The Morgan fingerprint density at radius 3 is 2.67 bits per heavy atom. The lowest BCUT2D eigenvalue weighted by Crippen LogP contribution is -2.29. The van der Waals surface area contributed by atoms with E-state index < -0.39 is 0 Å². The predicted molar refractivity (Wildman–Crippen MR) is 118 cm³/mol. The highest BCUT2D eigenvalue weighted by Crippen LogP contribution is 2.14. The van der Waals surface area contributed by atoms with E-state index in [4.69, 9.17) is 0 Å². The molecule has 1 saturated heterocycles. The Morgan fingerprint density at radius 2 is 1.87 bits per heavy atom. The van der Waals surface area contributed by atoms with Gasteiger partial charge in [-0.15, -0.1) is 0 Å². The molecule has 7 nitrogen and oxygen atoms in total. The Balaban J connectivity index is 1.30. The summed E-state index contributed by atoms with van der Waals surface area (Å²) in [6, 6.07) is 14.2. The molecule has 4 rings (SSSR count). The number of hydrogen-bond acceptors (Lipinski definition) is 5. The summed E-state index contributed by atoms with van der Waals surface area (Å²) in [7, 11) is 2.16. The number of carbonyl (C=O) groups is 1. The van der Waals surface area contributed by atoms with Crippen molar-refractivity contribution in [1.29, 1.82) is 0 Å². The molecule has 2 aromatic heterocycles. The maximum Gasteiger partial charge on any atom is 0.254 e. The zero-order valence-electron chi connectivity index (χ0n) is 17.4. The van der Waals surface area contributed by atoms with Gasteiger partial charge in [0.25, 0.3) is 5.91 Å². The van der Waals surface area contributed by atoms with Gasteiger partial charge in [0.2, 0.25) is 0 Å². The van der Waals surface area contributed by atoms with E-state index in [-0.39, 0.29) is 5.91 Å². The average Bonchev–Trinajstić information content (AvgIpc) is 3.13. The molecule has 30 heavy (non-hydrogen) atoms. The van der Waals surface area contributed by atoms with E-state index in [0.717, 1.165) is 49.5 Å². The van der Waals surface area contributed by atoms with Crippen LogP contribution in [0.5, 0.6) is 0 Å². The minimum absolute atomic E-state index is 0.131. The van der Waals surface area contributed by atoms with Crippen molar-refractivity contribution in [2.75, 3.05) is 38.1 Å². The van der Waals surface area contributed by atoms with Crippen molar-refractivity contribution >= 4 is 11.7 Å². The smallest absolute Gasteiger partial charge is 0.254 e. The summed E-state index contributed by atoms with van der Waals surface area (Å²) in [4.78, 5) is 21.8. The third-order valence-corrected chi connectivity index (χ3v) is 5.39. The van der Waals surface area contributed by atoms with Gasteiger partial charge in [0.1, 0.15) is 5.82 Å². The van der Waals surface area contributed by atoms with Gasteiger partial charge in [-0.05, 0) is 37.2 Å². The normalized spacial score (nSPS) is 15.0. The lowest BCUT2D eigenvalue weighted by Gasteiger charge is -2.21. The molecule has 1 amide bonds. The van der Waals surface area contributed by atoms with Gasteiger partial charge in [-0.3, -0.25) is 9.48 Å². The fourth-order valence-electron chi connectivity index (χ4n) is 3.61. The van der Waals surface area contributed by atoms with Crippen molar-refractivity contribution in [3.63, 3.8) is 0 Å². The Hall–Kier alpha value is -3.19. The lowest BCUT2D eigenvalue weighted by atomic mass is 10.2. The summed E-state index contributed by atoms with van der Waals surface area (Å²) in [5.74, 6) is 0.872. The van der Waals surface area contributed by atoms with Crippen LogP contribution in [0.2, 0.25) is 0 Å². The zero-order valence-corrected chi connectivity index (χ0v) is 17.4. The second-order valence-corrected chi connectivity index (χ2v) is 7.76. The monoisotopic (exact) mass is 404 g/mol. The molecule has 0 atom stereocenters. The SMILES string of the molecule is CN1CCCN(c2ccc(CNC(=O)c3cnn(Cc4ccccc4)c3)cn2)CC1. The van der Waals surface area contributed by atoms with Crippen molar-refractivity contribution < 1.29 is 4.79 Å². The number of hydrogen-bond donors (Lipinski definition) is 1. The van der Waals surface area contributed by atoms with E-state index in [1.54, 1.807) is 17.1 Å². The van der Waals surface area contributed by atoms with Crippen LogP contribution >= 0.6 is 0 Å². The van der Waals surface area contributed by atoms with E-state index in [9.17, 15) is 4.79 Å². The first-order chi connectivity index (χ1) is 14.7. The van der Waals surface area contributed by atoms with Crippen molar-refractivity contribution in [2.45, 2.75) is 19.5 Å². The summed E-state index contributed by atoms with van der Waals surface area (Å²) in [5, 5.41) is 7.25. The molecule has 1 fully saturated rings. The molecule has 1 N–H and O–H groups in total. The first kappa shape index (κ1) is 20.1. The number of benzene rings is 1. The van der Waals surface area contributed by atoms with Crippen molar-refractivity contribution in [1.82, 2.24) is 25.0 Å². The maximum atomic E-state index is 12.5. The largest absolute Gasteiger partial charge is 0.355 e. The van der Waals surface area contributed by atoms with Gasteiger partial charge in [-0.2, -0.15) is 5.10 Å². The topological polar surface area (TPSA) is 66.3 Å². The summed E-state index contributed by atoms with van der Waals surface area (Å²) >= 11 is 0. The molecule has 0 saturated carbocycles. The highest BCUT2D eigenvalue weighted by Gasteiger charge is 2.14. The van der Waals surface area contributed by atoms with E-state index in [1.165, 1.54) is 0 Å². The Kier molecular flexibility index (Phi) is 6.39. The molecule has 0 aliphatic carbocycles. The molecule has 1 aliphatic rings. The van der Waals surface area contributed by atoms with E-state index in [1.807, 2.05) is 48.7 Å². The highest BCUT2D eigenvalue weighted by molar-refractivity contribution is 5.93. The van der Waals surface area contributed by atoms with Crippen LogP contribution < -0.4 is 10.2 Å². The van der Waals surface area contributed by atoms with Gasteiger partial charge in [0.15, 0.2) is 0 Å². The zero-order chi connectivity index (χ0) is 20.8. The molecule has 1 aliphatic heterocycles. The number of pyridine rings is 1. The number of amides is 1. The first-order valence-electron chi connectivity index (χ1n) is 10.4. The number of likely N-dealkylation sites (N-methyl/N-ethyl adjacent to an activating group) is 1. The summed E-state index contributed by atoms with van der Waals surface area (Å²) < 4.78 is 1.78. The van der Waals surface area contributed by atoms with Crippen molar-refractivity contribution in [3.8, 4) is 0 Å². The van der Waals surface area contributed by atoms with Crippen LogP contribution in [0.1, 0.15) is 27.9 Å². The second-order valence-electron chi connectivity index (χ2n) is 7.76. The molecule has 0 spiro atoms. The predicted octanol–water partition coefficient (Wildman–Crippen LogP) is 2.40. The lowest BCUT2D eigenvalue weighted by molar-refractivity contribution is 0.0951. The minimum Gasteiger partial charge on any atom is -0.355 e. The summed E-state index contributed by atoms with van der Waals surface area (Å²) in [5.41, 5.74) is 2.69. The molecule has 156 valence electrons. The number of nitrogens with zero attached hydrogens (tertiary/aromatic N) is 5.